The Hall–Kier alpha value is -0.840. The van der Waals surface area contributed by atoms with Crippen molar-refractivity contribution >= 4 is 30.1 Å². The topological polar surface area (TPSA) is 49.7 Å². The first-order chi connectivity index (χ1) is 4.25. The van der Waals surface area contributed by atoms with Crippen LogP contribution in [0.25, 0.3) is 0 Å². The van der Waals surface area contributed by atoms with Gasteiger partial charge in [0, 0.05) is 6.26 Å². The Morgan fingerprint density at radius 1 is 1.67 bits per heavy atom. The number of hydrogen-bond acceptors (Lipinski definition) is 3. The van der Waals surface area contributed by atoms with E-state index in [2.05, 4.69) is 4.99 Å². The second-order valence-corrected chi connectivity index (χ2v) is 2.12. The number of carbonyl (C=O) groups is 2. The van der Waals surface area contributed by atoms with Crippen LogP contribution in [0.5, 0.6) is 0 Å². The third kappa shape index (κ3) is 0.951. The maximum absolute atomic E-state index is 10.6. The molecule has 0 bridgehead atoms. The lowest BCUT2D eigenvalue weighted by molar-refractivity contribution is -0.137. The Balaban J connectivity index is 2.73. The van der Waals surface area contributed by atoms with Gasteiger partial charge in [0.1, 0.15) is 6.34 Å². The van der Waals surface area contributed by atoms with Gasteiger partial charge in [0.25, 0.3) is 0 Å². The number of amides is 2. The first kappa shape index (κ1) is 6.28. The number of nitrogens with zero attached hydrogens (tertiary/aromatic N) is 2. The zero-order chi connectivity index (χ0) is 6.85. The van der Waals surface area contributed by atoms with Crippen LogP contribution in [0.4, 0.5) is 0 Å². The van der Waals surface area contributed by atoms with Gasteiger partial charge in [-0.15, -0.1) is 0 Å². The summed E-state index contributed by atoms with van der Waals surface area (Å²) in [5.74, 6) is -1.26. The molecule has 0 aliphatic carbocycles. The first-order valence-electron chi connectivity index (χ1n) is 2.21. The summed E-state index contributed by atoms with van der Waals surface area (Å²) in [6.45, 7) is 0. The van der Waals surface area contributed by atoms with E-state index in [-0.39, 0.29) is 0 Å². The third-order valence-electron chi connectivity index (χ3n) is 0.860. The van der Waals surface area contributed by atoms with Gasteiger partial charge in [-0.2, -0.15) is 4.99 Å². The monoisotopic (exact) mass is 144 g/mol. The highest BCUT2D eigenvalue weighted by Crippen LogP contribution is 2.07. The Kier molecular flexibility index (Phi) is 1.52. The predicted molar refractivity (Wildman–Crippen MR) is 33.9 cm³/mol. The molecule has 0 fully saturated rings. The van der Waals surface area contributed by atoms with Crippen molar-refractivity contribution in [3.05, 3.63) is 0 Å². The molecule has 4 nitrogen and oxygen atoms in total. The van der Waals surface area contributed by atoms with Crippen molar-refractivity contribution in [3.63, 3.8) is 0 Å². The van der Waals surface area contributed by atoms with Crippen molar-refractivity contribution in [2.45, 2.75) is 0 Å². The smallest absolute Gasteiger partial charge is 0.262 e. The maximum atomic E-state index is 10.6. The number of carbonyl (C=O) groups excluding carboxylic acids is 2. The van der Waals surface area contributed by atoms with Crippen LogP contribution >= 0.6 is 11.9 Å². The van der Waals surface area contributed by atoms with E-state index in [1.165, 1.54) is 10.6 Å². The second kappa shape index (κ2) is 2.18. The van der Waals surface area contributed by atoms with Crippen molar-refractivity contribution in [1.29, 1.82) is 0 Å². The molecule has 0 saturated heterocycles. The van der Waals surface area contributed by atoms with E-state index in [1.807, 2.05) is 0 Å². The van der Waals surface area contributed by atoms with E-state index in [9.17, 15) is 9.59 Å². The Morgan fingerprint density at radius 2 is 2.33 bits per heavy atom. The number of aliphatic imine (C=N–C) groups is 1. The second-order valence-electron chi connectivity index (χ2n) is 1.36. The van der Waals surface area contributed by atoms with E-state index in [0.29, 0.717) is 0 Å². The molecule has 0 saturated carbocycles. The molecule has 0 aromatic heterocycles. The molecule has 1 heterocycles. The van der Waals surface area contributed by atoms with Crippen LogP contribution < -0.4 is 0 Å². The van der Waals surface area contributed by atoms with Gasteiger partial charge in [0.2, 0.25) is 0 Å². The zero-order valence-electron chi connectivity index (χ0n) is 4.70. The summed E-state index contributed by atoms with van der Waals surface area (Å²) in [5, 5.41) is 0. The Labute approximate surface area is 56.1 Å². The molecular formula is C4H4N2O2S. The standard InChI is InChI=1S/C4H4N2O2S/c1-9-6-2-5-3(7)4(6)8/h2H,1H3. The molecule has 0 radical (unpaired) electrons. The van der Waals surface area contributed by atoms with Crippen molar-refractivity contribution in [3.8, 4) is 0 Å². The molecule has 5 heteroatoms. The van der Waals surface area contributed by atoms with Crippen molar-refractivity contribution in [2.24, 2.45) is 4.99 Å². The summed E-state index contributed by atoms with van der Waals surface area (Å²) in [7, 11) is 0. The number of hydrogen-bond donors (Lipinski definition) is 0. The van der Waals surface area contributed by atoms with Gasteiger partial charge >= 0.3 is 11.8 Å². The fraction of sp³-hybridized carbons (Fsp3) is 0.250. The van der Waals surface area contributed by atoms with Crippen LogP contribution in [0.1, 0.15) is 0 Å². The van der Waals surface area contributed by atoms with Crippen molar-refractivity contribution in [2.75, 3.05) is 6.26 Å². The van der Waals surface area contributed by atoms with Crippen molar-refractivity contribution in [1.82, 2.24) is 4.31 Å². The molecule has 0 unspecified atom stereocenters. The van der Waals surface area contributed by atoms with Gasteiger partial charge in [-0.3, -0.25) is 9.59 Å². The van der Waals surface area contributed by atoms with Gasteiger partial charge in [-0.25, -0.2) is 4.31 Å². The van der Waals surface area contributed by atoms with E-state index in [4.69, 9.17) is 0 Å². The van der Waals surface area contributed by atoms with Crippen LogP contribution in [0, 0.1) is 0 Å². The van der Waals surface area contributed by atoms with Crippen LogP contribution in [0.3, 0.4) is 0 Å². The zero-order valence-corrected chi connectivity index (χ0v) is 5.51. The van der Waals surface area contributed by atoms with Gasteiger partial charge in [-0.1, -0.05) is 0 Å². The van der Waals surface area contributed by atoms with Crippen molar-refractivity contribution < 1.29 is 9.59 Å². The number of rotatable bonds is 1. The minimum atomic E-state index is -0.690. The van der Waals surface area contributed by atoms with E-state index in [0.717, 1.165) is 11.9 Å². The van der Waals surface area contributed by atoms with E-state index < -0.39 is 11.8 Å². The lowest BCUT2D eigenvalue weighted by atomic mass is 10.6. The van der Waals surface area contributed by atoms with Gasteiger partial charge in [0.15, 0.2) is 0 Å². The maximum Gasteiger partial charge on any atom is 0.337 e. The van der Waals surface area contributed by atoms with E-state index >= 15 is 0 Å². The molecule has 0 aromatic carbocycles. The molecule has 9 heavy (non-hydrogen) atoms. The summed E-state index contributed by atoms with van der Waals surface area (Å²) in [4.78, 5) is 24.2. The summed E-state index contributed by atoms with van der Waals surface area (Å²) >= 11 is 1.16. The molecule has 0 N–H and O–H groups in total. The lowest BCUT2D eigenvalue weighted by Gasteiger charge is -2.02. The predicted octanol–water partition coefficient (Wildman–Crippen LogP) is -0.339. The normalized spacial score (nSPS) is 17.7. The largest absolute Gasteiger partial charge is 0.337 e. The Morgan fingerprint density at radius 3 is 2.56 bits per heavy atom. The molecular weight excluding hydrogens is 140 g/mol. The van der Waals surface area contributed by atoms with Gasteiger partial charge < -0.3 is 0 Å². The highest BCUT2D eigenvalue weighted by atomic mass is 32.2. The van der Waals surface area contributed by atoms with Crippen LogP contribution in [-0.2, 0) is 9.59 Å². The molecule has 1 aliphatic heterocycles. The molecule has 1 aliphatic rings. The quantitative estimate of drug-likeness (QED) is 0.373. The third-order valence-corrected chi connectivity index (χ3v) is 1.51. The minimum Gasteiger partial charge on any atom is -0.262 e. The summed E-state index contributed by atoms with van der Waals surface area (Å²) in [5.41, 5.74) is 0. The highest BCUT2D eigenvalue weighted by Gasteiger charge is 2.24. The molecule has 2 amide bonds. The highest BCUT2D eigenvalue weighted by molar-refractivity contribution is 7.97. The SMILES string of the molecule is CSN1C=NC(=O)C1=O. The minimum absolute atomic E-state index is 0.567. The average Bonchev–Trinajstić information content (AvgIpc) is 2.15. The fourth-order valence-corrected chi connectivity index (χ4v) is 0.822. The summed E-state index contributed by atoms with van der Waals surface area (Å²) < 4.78 is 1.18. The van der Waals surface area contributed by atoms with Crippen LogP contribution in [-0.4, -0.2) is 28.7 Å². The molecule has 48 valence electrons. The van der Waals surface area contributed by atoms with Gasteiger partial charge in [0.05, 0.1) is 0 Å². The Bertz CT molecular complexity index is 189. The lowest BCUT2D eigenvalue weighted by Crippen LogP contribution is -2.20. The summed E-state index contributed by atoms with van der Waals surface area (Å²) in [6, 6.07) is 0. The molecule has 0 aromatic rings. The fourth-order valence-electron chi connectivity index (χ4n) is 0.437. The summed E-state index contributed by atoms with van der Waals surface area (Å²) in [6.07, 6.45) is 2.91. The van der Waals surface area contributed by atoms with Gasteiger partial charge in [-0.05, 0) is 11.9 Å². The van der Waals surface area contributed by atoms with E-state index in [1.54, 1.807) is 6.26 Å². The first-order valence-corrected chi connectivity index (χ1v) is 3.39. The van der Waals surface area contributed by atoms with Crippen LogP contribution in [0.15, 0.2) is 4.99 Å². The molecule has 0 atom stereocenters. The average molecular weight is 144 g/mol. The molecule has 0 spiro atoms. The van der Waals surface area contributed by atoms with Crippen LogP contribution in [0.2, 0.25) is 0 Å². The molecule has 1 rings (SSSR count).